The molecule has 18 heavy (non-hydrogen) atoms. The van der Waals surface area contributed by atoms with Gasteiger partial charge >= 0.3 is 0 Å². The number of furan rings is 1. The lowest BCUT2D eigenvalue weighted by Crippen LogP contribution is -2.36. The Hall–Kier alpha value is -0.800. The number of hydrogen-bond donors (Lipinski definition) is 1. The van der Waals surface area contributed by atoms with Crippen molar-refractivity contribution < 1.29 is 4.42 Å². The summed E-state index contributed by atoms with van der Waals surface area (Å²) in [6.45, 7) is 6.21. The quantitative estimate of drug-likeness (QED) is 0.892. The Kier molecular flexibility index (Phi) is 4.13. The summed E-state index contributed by atoms with van der Waals surface area (Å²) in [6.07, 6.45) is 7.02. The molecule has 1 saturated carbocycles. The highest BCUT2D eigenvalue weighted by Gasteiger charge is 2.28. The molecular formula is C15H26N2O. The van der Waals surface area contributed by atoms with Crippen LogP contribution < -0.4 is 5.73 Å². The Bertz CT molecular complexity index is 374. The van der Waals surface area contributed by atoms with Crippen molar-refractivity contribution >= 4 is 0 Å². The van der Waals surface area contributed by atoms with E-state index >= 15 is 0 Å². The van der Waals surface area contributed by atoms with Crippen LogP contribution in [-0.4, -0.2) is 18.0 Å². The van der Waals surface area contributed by atoms with Gasteiger partial charge in [0.15, 0.2) is 0 Å². The van der Waals surface area contributed by atoms with Crippen molar-refractivity contribution in [3.63, 3.8) is 0 Å². The van der Waals surface area contributed by atoms with E-state index in [1.807, 2.05) is 6.07 Å². The van der Waals surface area contributed by atoms with Gasteiger partial charge in [0.25, 0.3) is 0 Å². The van der Waals surface area contributed by atoms with E-state index in [4.69, 9.17) is 10.2 Å². The van der Waals surface area contributed by atoms with Crippen molar-refractivity contribution in [3.05, 3.63) is 23.7 Å². The molecule has 2 N–H and O–H groups in total. The second-order valence-electron chi connectivity index (χ2n) is 6.38. The summed E-state index contributed by atoms with van der Waals surface area (Å²) in [5.74, 6) is 0.929. The van der Waals surface area contributed by atoms with Gasteiger partial charge in [-0.25, -0.2) is 0 Å². The molecule has 0 bridgehead atoms. The number of hydrogen-bond acceptors (Lipinski definition) is 3. The minimum absolute atomic E-state index is 0.494. The molecule has 0 aromatic carbocycles. The van der Waals surface area contributed by atoms with Crippen molar-refractivity contribution in [2.45, 2.75) is 58.7 Å². The van der Waals surface area contributed by atoms with Crippen LogP contribution in [0.1, 0.15) is 50.9 Å². The van der Waals surface area contributed by atoms with E-state index in [1.54, 1.807) is 6.26 Å². The van der Waals surface area contributed by atoms with Crippen LogP contribution in [0, 0.1) is 5.41 Å². The Morgan fingerprint density at radius 3 is 2.67 bits per heavy atom. The Morgan fingerprint density at radius 2 is 2.06 bits per heavy atom. The molecule has 0 aliphatic heterocycles. The normalized spacial score (nSPS) is 20.5. The Morgan fingerprint density at radius 1 is 1.39 bits per heavy atom. The Balaban J connectivity index is 1.91. The van der Waals surface area contributed by atoms with Gasteiger partial charge in [-0.1, -0.05) is 13.8 Å². The summed E-state index contributed by atoms with van der Waals surface area (Å²) in [5.41, 5.74) is 7.45. The van der Waals surface area contributed by atoms with E-state index in [9.17, 15) is 0 Å². The van der Waals surface area contributed by atoms with Gasteiger partial charge in [0, 0.05) is 18.2 Å². The lowest BCUT2D eigenvalue weighted by Gasteiger charge is -2.38. The fourth-order valence-corrected chi connectivity index (χ4v) is 2.91. The first-order valence-electron chi connectivity index (χ1n) is 6.97. The van der Waals surface area contributed by atoms with Crippen LogP contribution in [-0.2, 0) is 13.1 Å². The third-order valence-corrected chi connectivity index (χ3v) is 4.37. The topological polar surface area (TPSA) is 42.4 Å². The molecule has 1 fully saturated rings. The smallest absolute Gasteiger partial charge is 0.121 e. The summed E-state index contributed by atoms with van der Waals surface area (Å²) in [6, 6.07) is 2.75. The summed E-state index contributed by atoms with van der Waals surface area (Å²) in [7, 11) is 2.22. The summed E-state index contributed by atoms with van der Waals surface area (Å²) in [5, 5.41) is 0. The molecule has 0 amide bonds. The highest BCUT2D eigenvalue weighted by molar-refractivity contribution is 5.16. The number of nitrogens with two attached hydrogens (primary N) is 1. The highest BCUT2D eigenvalue weighted by Crippen LogP contribution is 2.36. The molecule has 102 valence electrons. The third-order valence-electron chi connectivity index (χ3n) is 4.37. The minimum Gasteiger partial charge on any atom is -0.468 e. The average Bonchev–Trinajstić information content (AvgIpc) is 2.76. The van der Waals surface area contributed by atoms with Gasteiger partial charge in [-0.05, 0) is 44.2 Å². The molecule has 1 aliphatic carbocycles. The molecule has 3 nitrogen and oxygen atoms in total. The van der Waals surface area contributed by atoms with E-state index < -0.39 is 0 Å². The van der Waals surface area contributed by atoms with Gasteiger partial charge in [-0.3, -0.25) is 4.90 Å². The zero-order valence-electron chi connectivity index (χ0n) is 11.9. The van der Waals surface area contributed by atoms with Gasteiger partial charge in [-0.15, -0.1) is 0 Å². The van der Waals surface area contributed by atoms with E-state index in [0.29, 0.717) is 18.0 Å². The van der Waals surface area contributed by atoms with Crippen molar-refractivity contribution in [2.75, 3.05) is 7.05 Å². The second kappa shape index (κ2) is 5.45. The van der Waals surface area contributed by atoms with Gasteiger partial charge in [0.1, 0.15) is 5.76 Å². The van der Waals surface area contributed by atoms with Crippen LogP contribution in [0.2, 0.25) is 0 Å². The summed E-state index contributed by atoms with van der Waals surface area (Å²) in [4.78, 5) is 2.46. The van der Waals surface area contributed by atoms with E-state index in [-0.39, 0.29) is 0 Å². The van der Waals surface area contributed by atoms with E-state index in [0.717, 1.165) is 12.3 Å². The zero-order valence-corrected chi connectivity index (χ0v) is 11.9. The second-order valence-corrected chi connectivity index (χ2v) is 6.38. The summed E-state index contributed by atoms with van der Waals surface area (Å²) >= 11 is 0. The predicted molar refractivity (Wildman–Crippen MR) is 74.1 cm³/mol. The molecule has 1 aromatic heterocycles. The van der Waals surface area contributed by atoms with Gasteiger partial charge in [0.05, 0.1) is 12.8 Å². The molecule has 1 aromatic rings. The highest BCUT2D eigenvalue weighted by atomic mass is 16.3. The van der Waals surface area contributed by atoms with Gasteiger partial charge in [-0.2, -0.15) is 0 Å². The monoisotopic (exact) mass is 250 g/mol. The number of rotatable bonds is 4. The first kappa shape index (κ1) is 13.6. The lowest BCUT2D eigenvalue weighted by atomic mass is 9.75. The van der Waals surface area contributed by atoms with Crippen LogP contribution in [0.3, 0.4) is 0 Å². The van der Waals surface area contributed by atoms with Crippen molar-refractivity contribution in [1.82, 2.24) is 4.90 Å². The first-order valence-corrected chi connectivity index (χ1v) is 6.97. The maximum absolute atomic E-state index is 5.67. The van der Waals surface area contributed by atoms with Crippen molar-refractivity contribution in [2.24, 2.45) is 11.1 Å². The van der Waals surface area contributed by atoms with Crippen LogP contribution in [0.25, 0.3) is 0 Å². The molecule has 0 radical (unpaired) electrons. The predicted octanol–water partition coefficient (Wildman–Crippen LogP) is 3.14. The largest absolute Gasteiger partial charge is 0.468 e. The molecule has 1 aliphatic rings. The third kappa shape index (κ3) is 3.15. The molecule has 1 heterocycles. The van der Waals surface area contributed by atoms with E-state index in [1.165, 1.54) is 31.2 Å². The van der Waals surface area contributed by atoms with Crippen molar-refractivity contribution in [1.29, 1.82) is 0 Å². The first-order chi connectivity index (χ1) is 8.52. The van der Waals surface area contributed by atoms with Gasteiger partial charge < -0.3 is 10.2 Å². The van der Waals surface area contributed by atoms with Crippen LogP contribution in [0.5, 0.6) is 0 Å². The van der Waals surface area contributed by atoms with E-state index in [2.05, 4.69) is 25.8 Å². The molecule has 3 heteroatoms. The zero-order chi connectivity index (χ0) is 13.2. The SMILES string of the molecule is CN(Cc1ccoc1CN)C1CCC(C)(C)CC1. The molecule has 0 spiro atoms. The average molecular weight is 250 g/mol. The van der Waals surface area contributed by atoms with Crippen molar-refractivity contribution in [3.8, 4) is 0 Å². The number of nitrogens with zero attached hydrogens (tertiary/aromatic N) is 1. The molecule has 0 atom stereocenters. The summed E-state index contributed by atoms with van der Waals surface area (Å²) < 4.78 is 5.38. The fourth-order valence-electron chi connectivity index (χ4n) is 2.91. The maximum atomic E-state index is 5.67. The Labute approximate surface area is 110 Å². The molecule has 0 saturated heterocycles. The van der Waals surface area contributed by atoms with Crippen LogP contribution in [0.15, 0.2) is 16.7 Å². The lowest BCUT2D eigenvalue weighted by molar-refractivity contribution is 0.122. The van der Waals surface area contributed by atoms with Gasteiger partial charge in [0.2, 0.25) is 0 Å². The van der Waals surface area contributed by atoms with Crippen LogP contribution in [0.4, 0.5) is 0 Å². The standard InChI is InChI=1S/C15H26N2O/c1-15(2)7-4-13(5-8-15)17(3)11-12-6-9-18-14(12)10-16/h6,9,13H,4-5,7-8,10-11,16H2,1-3H3. The molecular weight excluding hydrogens is 224 g/mol. The fraction of sp³-hybridized carbons (Fsp3) is 0.733. The minimum atomic E-state index is 0.494. The molecule has 2 rings (SSSR count). The maximum Gasteiger partial charge on any atom is 0.121 e. The van der Waals surface area contributed by atoms with Crippen LogP contribution >= 0.6 is 0 Å². The molecule has 0 unspecified atom stereocenters.